The van der Waals surface area contributed by atoms with Crippen molar-refractivity contribution in [1.82, 2.24) is 14.0 Å². The maximum atomic E-state index is 13.5. The topological polar surface area (TPSA) is 104 Å². The van der Waals surface area contributed by atoms with Crippen LogP contribution in [-0.2, 0) is 16.0 Å². The smallest absolute Gasteiger partial charge is 0.341 e. The van der Waals surface area contributed by atoms with Crippen molar-refractivity contribution in [3.8, 4) is 0 Å². The third kappa shape index (κ3) is 4.70. The van der Waals surface area contributed by atoms with Gasteiger partial charge in [-0.1, -0.05) is 24.3 Å². The molecule has 9 nitrogen and oxygen atoms in total. The van der Waals surface area contributed by atoms with E-state index in [9.17, 15) is 14.4 Å². The molecule has 1 aromatic carbocycles. The summed E-state index contributed by atoms with van der Waals surface area (Å²) in [7, 11) is 1.59. The van der Waals surface area contributed by atoms with Gasteiger partial charge < -0.3 is 14.0 Å². The van der Waals surface area contributed by atoms with Crippen LogP contribution in [0.3, 0.4) is 0 Å². The Kier molecular flexibility index (Phi) is 7.40. The van der Waals surface area contributed by atoms with Crippen molar-refractivity contribution in [3.63, 3.8) is 0 Å². The Morgan fingerprint density at radius 2 is 1.78 bits per heavy atom. The van der Waals surface area contributed by atoms with Gasteiger partial charge in [-0.3, -0.25) is 14.0 Å². The fourth-order valence-corrected chi connectivity index (χ4v) is 4.11. The lowest BCUT2D eigenvalue weighted by atomic mass is 10.1. The van der Waals surface area contributed by atoms with Crippen LogP contribution in [0.1, 0.15) is 45.2 Å². The number of nitrogens with zero attached hydrogens (tertiary/aromatic N) is 4. The van der Waals surface area contributed by atoms with Crippen LogP contribution in [0.4, 0.5) is 0 Å². The van der Waals surface area contributed by atoms with E-state index in [0.29, 0.717) is 36.4 Å². The summed E-state index contributed by atoms with van der Waals surface area (Å²) >= 11 is 0. The average Bonchev–Trinajstić information content (AvgIpc) is 2.86. The van der Waals surface area contributed by atoms with Crippen molar-refractivity contribution in [2.24, 2.45) is 4.99 Å². The number of amides is 1. The van der Waals surface area contributed by atoms with Crippen LogP contribution in [0, 0.1) is 13.8 Å². The summed E-state index contributed by atoms with van der Waals surface area (Å²) in [5.74, 6) is -1.18. The van der Waals surface area contributed by atoms with Gasteiger partial charge >= 0.3 is 5.97 Å². The predicted octanol–water partition coefficient (Wildman–Crippen LogP) is 3.22. The Morgan fingerprint density at radius 1 is 1.03 bits per heavy atom. The SMILES string of the molecule is CCOC(=O)c1cc2c(=O)n3cccc(C)c3nc2n(CCCOC)c1=NC(=O)c1ccccc1C. The minimum atomic E-state index is -0.676. The molecule has 36 heavy (non-hydrogen) atoms. The Balaban J connectivity index is 2.13. The summed E-state index contributed by atoms with van der Waals surface area (Å²) in [6, 6.07) is 12.1. The van der Waals surface area contributed by atoms with Crippen molar-refractivity contribution >= 4 is 28.6 Å². The molecular formula is C27H28N4O5. The summed E-state index contributed by atoms with van der Waals surface area (Å²) in [6.45, 7) is 6.23. The molecule has 0 fully saturated rings. The van der Waals surface area contributed by atoms with Crippen molar-refractivity contribution in [1.29, 1.82) is 0 Å². The third-order valence-electron chi connectivity index (χ3n) is 5.91. The number of methoxy groups -OCH3 is 1. The van der Waals surface area contributed by atoms with Gasteiger partial charge in [0.05, 0.1) is 12.0 Å². The number of fused-ring (bicyclic) bond motifs is 2. The lowest BCUT2D eigenvalue weighted by Crippen LogP contribution is -2.33. The molecule has 0 unspecified atom stereocenters. The van der Waals surface area contributed by atoms with Crippen molar-refractivity contribution < 1.29 is 19.1 Å². The fourth-order valence-electron chi connectivity index (χ4n) is 4.11. The summed E-state index contributed by atoms with van der Waals surface area (Å²) in [5.41, 5.74) is 2.58. The molecule has 0 aliphatic carbocycles. The molecule has 0 saturated heterocycles. The molecule has 0 bridgehead atoms. The molecule has 1 amide bonds. The summed E-state index contributed by atoms with van der Waals surface area (Å²) in [4.78, 5) is 49.0. The van der Waals surface area contributed by atoms with E-state index in [-0.39, 0.29) is 28.6 Å². The number of rotatable bonds is 7. The largest absolute Gasteiger partial charge is 0.462 e. The van der Waals surface area contributed by atoms with E-state index >= 15 is 0 Å². The molecule has 4 aromatic rings. The number of carbonyl (C=O) groups is 2. The second-order valence-corrected chi connectivity index (χ2v) is 8.37. The number of hydrogen-bond donors (Lipinski definition) is 0. The summed E-state index contributed by atoms with van der Waals surface area (Å²) in [6.07, 6.45) is 2.18. The van der Waals surface area contributed by atoms with Crippen LogP contribution in [0.15, 0.2) is 58.4 Å². The van der Waals surface area contributed by atoms with Crippen molar-refractivity contribution in [2.75, 3.05) is 20.3 Å². The first-order valence-electron chi connectivity index (χ1n) is 11.7. The van der Waals surface area contributed by atoms with Gasteiger partial charge in [0.15, 0.2) is 5.49 Å². The van der Waals surface area contributed by atoms with Crippen LogP contribution in [0.2, 0.25) is 0 Å². The maximum absolute atomic E-state index is 13.5. The van der Waals surface area contributed by atoms with Crippen molar-refractivity contribution in [2.45, 2.75) is 33.7 Å². The van der Waals surface area contributed by atoms with E-state index in [1.807, 2.05) is 32.0 Å². The zero-order valence-electron chi connectivity index (χ0n) is 20.8. The molecule has 3 aromatic heterocycles. The average molecular weight is 489 g/mol. The van der Waals surface area contributed by atoms with Gasteiger partial charge in [-0.2, -0.15) is 4.99 Å². The highest BCUT2D eigenvalue weighted by Gasteiger charge is 2.21. The second kappa shape index (κ2) is 10.7. The lowest BCUT2D eigenvalue weighted by molar-refractivity contribution is 0.0523. The highest BCUT2D eigenvalue weighted by Crippen LogP contribution is 2.15. The maximum Gasteiger partial charge on any atom is 0.341 e. The number of carbonyl (C=O) groups excluding carboxylic acids is 2. The monoisotopic (exact) mass is 488 g/mol. The number of aryl methyl sites for hydroxylation is 3. The Labute approximate surface area is 207 Å². The van der Waals surface area contributed by atoms with Gasteiger partial charge in [-0.05, 0) is 56.5 Å². The Morgan fingerprint density at radius 3 is 2.50 bits per heavy atom. The molecule has 4 rings (SSSR count). The van der Waals surface area contributed by atoms with E-state index in [2.05, 4.69) is 4.99 Å². The first kappa shape index (κ1) is 25.0. The molecule has 0 atom stereocenters. The molecule has 9 heteroatoms. The van der Waals surface area contributed by atoms with Crippen LogP contribution < -0.4 is 11.0 Å². The molecule has 0 N–H and O–H groups in total. The molecule has 0 aliphatic heterocycles. The molecular weight excluding hydrogens is 460 g/mol. The number of aromatic nitrogens is 3. The van der Waals surface area contributed by atoms with Crippen LogP contribution >= 0.6 is 0 Å². The van der Waals surface area contributed by atoms with Gasteiger partial charge in [0.1, 0.15) is 16.9 Å². The van der Waals surface area contributed by atoms with E-state index < -0.39 is 11.9 Å². The van der Waals surface area contributed by atoms with E-state index in [1.165, 1.54) is 10.5 Å². The number of hydrogen-bond acceptors (Lipinski definition) is 6. The van der Waals surface area contributed by atoms with E-state index in [1.54, 1.807) is 43.0 Å². The van der Waals surface area contributed by atoms with E-state index in [0.717, 1.165) is 11.1 Å². The van der Waals surface area contributed by atoms with Gasteiger partial charge in [0.2, 0.25) is 0 Å². The quantitative estimate of drug-likeness (QED) is 0.225. The minimum absolute atomic E-state index is 0.0233. The van der Waals surface area contributed by atoms with Crippen molar-refractivity contribution in [3.05, 3.63) is 86.8 Å². The number of pyridine rings is 2. The van der Waals surface area contributed by atoms with Gasteiger partial charge in [-0.15, -0.1) is 0 Å². The zero-order chi connectivity index (χ0) is 25.8. The van der Waals surface area contributed by atoms with E-state index in [4.69, 9.17) is 14.5 Å². The van der Waals surface area contributed by atoms with Gasteiger partial charge in [0.25, 0.3) is 11.5 Å². The highest BCUT2D eigenvalue weighted by atomic mass is 16.5. The Hall–Kier alpha value is -4.11. The van der Waals surface area contributed by atoms with Crippen LogP contribution in [0.25, 0.3) is 16.7 Å². The summed E-state index contributed by atoms with van der Waals surface area (Å²) in [5, 5.41) is 0.223. The highest BCUT2D eigenvalue weighted by molar-refractivity contribution is 5.98. The molecule has 0 spiro atoms. The molecule has 186 valence electrons. The lowest BCUT2D eigenvalue weighted by Gasteiger charge is -2.15. The van der Waals surface area contributed by atoms with Crippen LogP contribution in [0.5, 0.6) is 0 Å². The molecule has 0 saturated carbocycles. The first-order valence-corrected chi connectivity index (χ1v) is 11.7. The first-order chi connectivity index (χ1) is 17.4. The zero-order valence-corrected chi connectivity index (χ0v) is 20.8. The van der Waals surface area contributed by atoms with Gasteiger partial charge in [-0.25, -0.2) is 9.78 Å². The molecule has 0 radical (unpaired) electrons. The number of ether oxygens (including phenoxy) is 2. The minimum Gasteiger partial charge on any atom is -0.462 e. The molecule has 3 heterocycles. The molecule has 0 aliphatic rings. The third-order valence-corrected chi connectivity index (χ3v) is 5.91. The van der Waals surface area contributed by atoms with Gasteiger partial charge in [0, 0.05) is 32.0 Å². The number of esters is 1. The fraction of sp³-hybridized carbons (Fsp3) is 0.296. The normalized spacial score (nSPS) is 11.8. The standard InChI is InChI=1S/C27H28N4O5/c1-5-36-27(34)21-16-20-23(28-22-18(3)11-8-13-31(22)26(20)33)30(14-9-15-35-4)24(21)29-25(32)19-12-7-6-10-17(19)2/h6-8,10-13,16H,5,9,14-15H2,1-4H3. The second-order valence-electron chi connectivity index (χ2n) is 8.37. The Bertz CT molecular complexity index is 1600. The predicted molar refractivity (Wildman–Crippen MR) is 135 cm³/mol. The van der Waals surface area contributed by atoms with Crippen LogP contribution in [-0.4, -0.2) is 46.2 Å². The summed E-state index contributed by atoms with van der Waals surface area (Å²) < 4.78 is 13.6. The number of benzene rings is 1.